The molecule has 1 aliphatic rings. The van der Waals surface area contributed by atoms with Crippen molar-refractivity contribution in [2.24, 2.45) is 0 Å². The van der Waals surface area contributed by atoms with E-state index in [1.165, 1.54) is 0 Å². The molecule has 1 saturated heterocycles. The van der Waals surface area contributed by atoms with Gasteiger partial charge in [0.15, 0.2) is 6.04 Å². The molecule has 3 rings (SSSR count). The van der Waals surface area contributed by atoms with Crippen LogP contribution in [0.1, 0.15) is 44.4 Å². The maximum atomic E-state index is 14.1. The minimum atomic E-state index is -4.52. The van der Waals surface area contributed by atoms with Gasteiger partial charge in [0.25, 0.3) is 0 Å². The van der Waals surface area contributed by atoms with Crippen molar-refractivity contribution in [3.63, 3.8) is 0 Å². The van der Waals surface area contributed by atoms with E-state index in [1.54, 1.807) is 32.0 Å². The van der Waals surface area contributed by atoms with E-state index in [9.17, 15) is 18.0 Å². The minimum absolute atomic E-state index is 0.0327. The number of hydrazine groups is 1. The van der Waals surface area contributed by atoms with Gasteiger partial charge in [0, 0.05) is 12.0 Å². The number of hydrogen-bond acceptors (Lipinski definition) is 2. The van der Waals surface area contributed by atoms with E-state index in [4.69, 9.17) is 0 Å². The zero-order valence-corrected chi connectivity index (χ0v) is 14.4. The number of hydrogen-bond donors (Lipinski definition) is 1. The Morgan fingerprint density at radius 1 is 1.24 bits per heavy atom. The summed E-state index contributed by atoms with van der Waals surface area (Å²) in [5.74, 6) is -0.393. The molecule has 0 saturated carbocycles. The van der Waals surface area contributed by atoms with Crippen molar-refractivity contribution in [3.05, 3.63) is 47.5 Å². The summed E-state index contributed by atoms with van der Waals surface area (Å²) < 4.78 is 42.3. The monoisotopic (exact) mass is 350 g/mol. The molecule has 1 unspecified atom stereocenters. The minimum Gasteiger partial charge on any atom is -0.287 e. The second-order valence-electron chi connectivity index (χ2n) is 7.10. The van der Waals surface area contributed by atoms with Crippen molar-refractivity contribution in [1.82, 2.24) is 10.4 Å². The highest BCUT2D eigenvalue weighted by Gasteiger charge is 2.53. The molecule has 6 heteroatoms. The lowest BCUT2D eigenvalue weighted by Gasteiger charge is -2.38. The number of nitrogens with zero attached hydrogens (tertiary/aromatic N) is 1. The van der Waals surface area contributed by atoms with Crippen LogP contribution in [-0.4, -0.2) is 22.6 Å². The van der Waals surface area contributed by atoms with E-state index in [1.807, 2.05) is 25.1 Å². The number of rotatable bonds is 3. The summed E-state index contributed by atoms with van der Waals surface area (Å²) in [5, 5.41) is 2.39. The fourth-order valence-electron chi connectivity index (χ4n) is 3.51. The lowest BCUT2D eigenvalue weighted by Crippen LogP contribution is -2.51. The number of alkyl halides is 3. The van der Waals surface area contributed by atoms with E-state index in [0.29, 0.717) is 11.8 Å². The van der Waals surface area contributed by atoms with E-state index >= 15 is 0 Å². The van der Waals surface area contributed by atoms with Crippen LogP contribution in [0.5, 0.6) is 0 Å². The quantitative estimate of drug-likeness (QED) is 0.883. The first-order valence-corrected chi connectivity index (χ1v) is 8.30. The van der Waals surface area contributed by atoms with Crippen molar-refractivity contribution in [1.29, 1.82) is 0 Å². The number of halogens is 3. The number of nitrogens with one attached hydrogen (secondary N) is 1. The van der Waals surface area contributed by atoms with Gasteiger partial charge >= 0.3 is 6.18 Å². The lowest BCUT2D eigenvalue weighted by atomic mass is 9.91. The highest BCUT2D eigenvalue weighted by Crippen LogP contribution is 2.45. The second kappa shape index (κ2) is 6.02. The number of aryl methyl sites for hydroxylation is 1. The number of benzene rings is 2. The predicted molar refractivity (Wildman–Crippen MR) is 90.8 cm³/mol. The molecule has 0 aromatic heterocycles. The van der Waals surface area contributed by atoms with Gasteiger partial charge in [-0.2, -0.15) is 18.2 Å². The molecular weight excluding hydrogens is 329 g/mol. The van der Waals surface area contributed by atoms with Gasteiger partial charge in [0.2, 0.25) is 5.91 Å². The first kappa shape index (κ1) is 17.7. The summed E-state index contributed by atoms with van der Waals surface area (Å²) in [5.41, 5.74) is 2.51. The van der Waals surface area contributed by atoms with Crippen LogP contribution in [-0.2, 0) is 11.2 Å². The molecular formula is C19H21F3N2O. The number of amides is 1. The van der Waals surface area contributed by atoms with Crippen molar-refractivity contribution in [2.45, 2.75) is 51.4 Å². The van der Waals surface area contributed by atoms with E-state index in [0.717, 1.165) is 16.0 Å². The number of fused-ring (bicyclic) bond motifs is 1. The van der Waals surface area contributed by atoms with Gasteiger partial charge in [-0.1, -0.05) is 43.3 Å². The molecule has 1 atom stereocenters. The third-order valence-electron chi connectivity index (χ3n) is 4.72. The van der Waals surface area contributed by atoms with Gasteiger partial charge in [-0.05, 0) is 42.2 Å². The molecule has 1 aliphatic heterocycles. The Labute approximate surface area is 144 Å². The highest BCUT2D eigenvalue weighted by molar-refractivity contribution is 5.87. The SMILES string of the molecule is CCc1cc(C(N2NC(=O)CC2(C)C)C(F)(F)F)c2ccccc2c1. The number of carbonyl (C=O) groups is 1. The Kier molecular flexibility index (Phi) is 4.27. The Morgan fingerprint density at radius 3 is 2.48 bits per heavy atom. The van der Waals surface area contributed by atoms with Crippen LogP contribution in [0.4, 0.5) is 13.2 Å². The average molecular weight is 350 g/mol. The first-order valence-electron chi connectivity index (χ1n) is 8.30. The van der Waals surface area contributed by atoms with E-state index < -0.39 is 23.7 Å². The van der Waals surface area contributed by atoms with E-state index in [2.05, 4.69) is 5.43 Å². The van der Waals surface area contributed by atoms with Gasteiger partial charge < -0.3 is 0 Å². The zero-order valence-electron chi connectivity index (χ0n) is 14.4. The van der Waals surface area contributed by atoms with Gasteiger partial charge in [0.05, 0.1) is 0 Å². The third-order valence-corrected chi connectivity index (χ3v) is 4.72. The molecule has 134 valence electrons. The maximum absolute atomic E-state index is 14.1. The normalized spacial score (nSPS) is 19.2. The van der Waals surface area contributed by atoms with Crippen molar-refractivity contribution < 1.29 is 18.0 Å². The summed E-state index contributed by atoms with van der Waals surface area (Å²) >= 11 is 0. The standard InChI is InChI=1S/C19H21F3N2O/c1-4-12-9-13-7-5-6-8-14(13)15(10-12)17(19(20,21)22)24-18(2,3)11-16(25)23-24/h5-10,17H,4,11H2,1-3H3,(H,23,25). The Hall–Kier alpha value is -2.08. The molecule has 0 spiro atoms. The van der Waals surface area contributed by atoms with E-state index in [-0.39, 0.29) is 12.0 Å². The average Bonchev–Trinajstić information content (AvgIpc) is 2.78. The molecule has 0 aliphatic carbocycles. The Bertz CT molecular complexity index is 814. The van der Waals surface area contributed by atoms with Crippen LogP contribution < -0.4 is 5.43 Å². The van der Waals surface area contributed by atoms with Crippen LogP contribution in [0.15, 0.2) is 36.4 Å². The maximum Gasteiger partial charge on any atom is 0.409 e. The fraction of sp³-hybridized carbons (Fsp3) is 0.421. The number of carbonyl (C=O) groups excluding carboxylic acids is 1. The molecule has 2 aromatic rings. The van der Waals surface area contributed by atoms with Crippen LogP contribution in [0.3, 0.4) is 0 Å². The summed E-state index contributed by atoms with van der Waals surface area (Å²) in [7, 11) is 0. The summed E-state index contributed by atoms with van der Waals surface area (Å²) in [6.45, 7) is 5.21. The van der Waals surface area contributed by atoms with Crippen LogP contribution >= 0.6 is 0 Å². The van der Waals surface area contributed by atoms with Crippen molar-refractivity contribution in [2.75, 3.05) is 0 Å². The molecule has 1 fully saturated rings. The van der Waals surface area contributed by atoms with Gasteiger partial charge in [0.1, 0.15) is 0 Å². The van der Waals surface area contributed by atoms with Crippen LogP contribution in [0.2, 0.25) is 0 Å². The summed E-state index contributed by atoms with van der Waals surface area (Å²) in [6.07, 6.45) is -3.85. The molecule has 0 radical (unpaired) electrons. The van der Waals surface area contributed by atoms with Crippen LogP contribution in [0, 0.1) is 0 Å². The molecule has 2 aromatic carbocycles. The van der Waals surface area contributed by atoms with Gasteiger partial charge in [-0.3, -0.25) is 10.2 Å². The summed E-state index contributed by atoms with van der Waals surface area (Å²) in [4.78, 5) is 11.8. The largest absolute Gasteiger partial charge is 0.409 e. The Balaban J connectivity index is 2.25. The fourth-order valence-corrected chi connectivity index (χ4v) is 3.51. The summed E-state index contributed by atoms with van der Waals surface area (Å²) in [6, 6.07) is 8.70. The predicted octanol–water partition coefficient (Wildman–Crippen LogP) is 4.52. The van der Waals surface area contributed by atoms with Crippen LogP contribution in [0.25, 0.3) is 10.8 Å². The smallest absolute Gasteiger partial charge is 0.287 e. The lowest BCUT2D eigenvalue weighted by molar-refractivity contribution is -0.203. The highest BCUT2D eigenvalue weighted by atomic mass is 19.4. The van der Waals surface area contributed by atoms with Gasteiger partial charge in [-0.15, -0.1) is 0 Å². The molecule has 1 amide bonds. The molecule has 3 nitrogen and oxygen atoms in total. The second-order valence-corrected chi connectivity index (χ2v) is 7.10. The molecule has 1 heterocycles. The third kappa shape index (κ3) is 3.23. The zero-order chi connectivity index (χ0) is 18.4. The van der Waals surface area contributed by atoms with Crippen molar-refractivity contribution in [3.8, 4) is 0 Å². The molecule has 1 N–H and O–H groups in total. The van der Waals surface area contributed by atoms with Crippen molar-refractivity contribution >= 4 is 16.7 Å². The molecule has 0 bridgehead atoms. The Morgan fingerprint density at radius 2 is 1.92 bits per heavy atom. The van der Waals surface area contributed by atoms with Gasteiger partial charge in [-0.25, -0.2) is 0 Å². The molecule has 25 heavy (non-hydrogen) atoms. The first-order chi connectivity index (χ1) is 11.6. The topological polar surface area (TPSA) is 32.3 Å².